The van der Waals surface area contributed by atoms with Gasteiger partial charge in [-0.2, -0.15) is 0 Å². The number of amides is 2. The van der Waals surface area contributed by atoms with Crippen LogP contribution < -0.4 is 5.32 Å². The quantitative estimate of drug-likeness (QED) is 0.661. The molecule has 1 atom stereocenters. The van der Waals surface area contributed by atoms with E-state index in [1.54, 1.807) is 0 Å². The summed E-state index contributed by atoms with van der Waals surface area (Å²) >= 11 is 0. The molecule has 1 fully saturated rings. The van der Waals surface area contributed by atoms with Crippen molar-refractivity contribution in [3.63, 3.8) is 0 Å². The van der Waals surface area contributed by atoms with E-state index in [1.807, 2.05) is 35.2 Å². The molecule has 3 aromatic rings. The molecule has 5 rings (SSSR count). The highest BCUT2D eigenvalue weighted by Crippen LogP contribution is 2.23. The van der Waals surface area contributed by atoms with Gasteiger partial charge in [0.25, 0.3) is 0 Å². The summed E-state index contributed by atoms with van der Waals surface area (Å²) in [6.07, 6.45) is 1.09. The van der Waals surface area contributed by atoms with Gasteiger partial charge in [0.05, 0.1) is 12.5 Å². The van der Waals surface area contributed by atoms with E-state index >= 15 is 0 Å². The molecule has 2 aliphatic heterocycles. The molecular weight excluding hydrogens is 410 g/mol. The van der Waals surface area contributed by atoms with E-state index in [0.29, 0.717) is 26.2 Å². The van der Waals surface area contributed by atoms with Gasteiger partial charge >= 0.3 is 0 Å². The Balaban J connectivity index is 1.26. The highest BCUT2D eigenvalue weighted by atomic mass is 16.2. The fraction of sp³-hybridized carbons (Fsp3) is 0.286. The number of nitrogens with one attached hydrogen (secondary N) is 1. The molecule has 3 aromatic carbocycles. The molecule has 5 nitrogen and oxygen atoms in total. The van der Waals surface area contributed by atoms with Gasteiger partial charge in [-0.15, -0.1) is 0 Å². The van der Waals surface area contributed by atoms with Crippen molar-refractivity contribution in [2.75, 3.05) is 19.6 Å². The van der Waals surface area contributed by atoms with E-state index in [1.165, 1.54) is 22.3 Å². The van der Waals surface area contributed by atoms with Crippen LogP contribution in [0.2, 0.25) is 0 Å². The van der Waals surface area contributed by atoms with Gasteiger partial charge in [0.2, 0.25) is 11.8 Å². The molecule has 1 saturated heterocycles. The van der Waals surface area contributed by atoms with E-state index in [4.69, 9.17) is 0 Å². The van der Waals surface area contributed by atoms with E-state index < -0.39 is 6.04 Å². The van der Waals surface area contributed by atoms with Crippen LogP contribution in [0.4, 0.5) is 0 Å². The van der Waals surface area contributed by atoms with Gasteiger partial charge in [-0.1, -0.05) is 78.9 Å². The molecule has 0 spiro atoms. The van der Waals surface area contributed by atoms with Crippen LogP contribution in [0.15, 0.2) is 78.9 Å². The van der Waals surface area contributed by atoms with Crippen molar-refractivity contribution in [2.45, 2.75) is 32.0 Å². The minimum atomic E-state index is -0.433. The van der Waals surface area contributed by atoms with Crippen molar-refractivity contribution in [1.82, 2.24) is 15.1 Å². The predicted octanol–water partition coefficient (Wildman–Crippen LogP) is 3.63. The summed E-state index contributed by atoms with van der Waals surface area (Å²) in [5, 5.41) is 2.95. The molecule has 0 aliphatic carbocycles. The monoisotopic (exact) mass is 439 g/mol. The minimum absolute atomic E-state index is 0.0482. The molecule has 1 N–H and O–H groups in total. The summed E-state index contributed by atoms with van der Waals surface area (Å²) in [6, 6.07) is 26.7. The number of rotatable bonds is 5. The molecule has 2 aliphatic rings. The first kappa shape index (κ1) is 21.4. The molecule has 0 radical (unpaired) electrons. The molecule has 1 unspecified atom stereocenters. The Labute approximate surface area is 195 Å². The normalized spacial score (nSPS) is 18.5. The number of fused-ring (bicyclic) bond motifs is 1. The first-order valence-corrected chi connectivity index (χ1v) is 11.7. The molecule has 0 saturated carbocycles. The van der Waals surface area contributed by atoms with Crippen molar-refractivity contribution >= 4 is 11.8 Å². The van der Waals surface area contributed by atoms with Crippen LogP contribution in [0.1, 0.15) is 23.1 Å². The van der Waals surface area contributed by atoms with E-state index in [0.717, 1.165) is 18.5 Å². The number of nitrogens with zero attached hydrogens (tertiary/aromatic N) is 2. The van der Waals surface area contributed by atoms with Gasteiger partial charge in [-0.05, 0) is 34.2 Å². The van der Waals surface area contributed by atoms with Crippen LogP contribution in [0, 0.1) is 0 Å². The van der Waals surface area contributed by atoms with Crippen LogP contribution in [0.5, 0.6) is 0 Å². The Kier molecular flexibility index (Phi) is 6.22. The lowest BCUT2D eigenvalue weighted by molar-refractivity contribution is -0.139. The van der Waals surface area contributed by atoms with Crippen LogP contribution in [0.3, 0.4) is 0 Å². The third-order valence-corrected chi connectivity index (χ3v) is 6.74. The number of piperazine rings is 1. The van der Waals surface area contributed by atoms with Crippen LogP contribution in [-0.4, -0.2) is 47.3 Å². The molecule has 5 heteroatoms. The zero-order chi connectivity index (χ0) is 22.6. The molecule has 2 heterocycles. The number of benzene rings is 3. The average Bonchev–Trinajstić information content (AvgIpc) is 2.87. The first-order chi connectivity index (χ1) is 16.2. The van der Waals surface area contributed by atoms with Crippen molar-refractivity contribution in [2.24, 2.45) is 0 Å². The van der Waals surface area contributed by atoms with Crippen molar-refractivity contribution in [3.05, 3.63) is 95.6 Å². The van der Waals surface area contributed by atoms with Crippen molar-refractivity contribution < 1.29 is 9.59 Å². The third kappa shape index (κ3) is 4.83. The zero-order valence-electron chi connectivity index (χ0n) is 18.7. The van der Waals surface area contributed by atoms with Crippen LogP contribution >= 0.6 is 0 Å². The summed E-state index contributed by atoms with van der Waals surface area (Å²) in [7, 11) is 0. The number of carbonyl (C=O) groups excluding carboxylic acids is 2. The molecule has 33 heavy (non-hydrogen) atoms. The zero-order valence-corrected chi connectivity index (χ0v) is 18.7. The second-order valence-corrected chi connectivity index (χ2v) is 8.88. The molecular formula is C28H29N3O2. The fourth-order valence-corrected chi connectivity index (χ4v) is 4.84. The summed E-state index contributed by atoms with van der Waals surface area (Å²) in [4.78, 5) is 29.9. The number of carbonyl (C=O) groups is 2. The fourth-order valence-electron chi connectivity index (χ4n) is 4.84. The van der Waals surface area contributed by atoms with Gasteiger partial charge in [-0.3, -0.25) is 14.5 Å². The number of hydrogen-bond donors (Lipinski definition) is 1. The largest absolute Gasteiger partial charge is 0.353 e. The predicted molar refractivity (Wildman–Crippen MR) is 129 cm³/mol. The Hall–Kier alpha value is -3.44. The van der Waals surface area contributed by atoms with Crippen molar-refractivity contribution in [1.29, 1.82) is 0 Å². The summed E-state index contributed by atoms with van der Waals surface area (Å²) in [5.41, 5.74) is 6.03. The molecule has 0 bridgehead atoms. The Morgan fingerprint density at radius 3 is 2.33 bits per heavy atom. The van der Waals surface area contributed by atoms with Gasteiger partial charge in [0.15, 0.2) is 0 Å². The Morgan fingerprint density at radius 2 is 1.55 bits per heavy atom. The highest BCUT2D eigenvalue weighted by Gasteiger charge is 2.33. The Bertz CT molecular complexity index is 1130. The number of hydrogen-bond acceptors (Lipinski definition) is 3. The summed E-state index contributed by atoms with van der Waals surface area (Å²) in [6.45, 7) is 3.36. The topological polar surface area (TPSA) is 52.7 Å². The van der Waals surface area contributed by atoms with Gasteiger partial charge < -0.3 is 10.2 Å². The van der Waals surface area contributed by atoms with Gasteiger partial charge in [0.1, 0.15) is 0 Å². The van der Waals surface area contributed by atoms with E-state index in [2.05, 4.69) is 58.7 Å². The lowest BCUT2D eigenvalue weighted by atomic mass is 9.98. The molecule has 0 aromatic heterocycles. The second kappa shape index (κ2) is 9.59. The maximum atomic E-state index is 13.1. The van der Waals surface area contributed by atoms with Crippen molar-refractivity contribution in [3.8, 4) is 11.1 Å². The third-order valence-electron chi connectivity index (χ3n) is 6.74. The lowest BCUT2D eigenvalue weighted by Gasteiger charge is -2.36. The Morgan fingerprint density at radius 1 is 0.848 bits per heavy atom. The van der Waals surface area contributed by atoms with Crippen LogP contribution in [-0.2, 0) is 29.1 Å². The second-order valence-electron chi connectivity index (χ2n) is 8.88. The van der Waals surface area contributed by atoms with E-state index in [9.17, 15) is 9.59 Å². The average molecular weight is 440 g/mol. The van der Waals surface area contributed by atoms with Crippen LogP contribution in [0.25, 0.3) is 11.1 Å². The summed E-state index contributed by atoms with van der Waals surface area (Å²) < 4.78 is 0. The minimum Gasteiger partial charge on any atom is -0.353 e. The standard InChI is InChI=1S/C28H29N3O2/c32-27(31-16-14-23-8-4-5-9-25(23)20-31)18-26-28(33)29-15-17-30(26)19-21-10-12-24(13-11-21)22-6-2-1-3-7-22/h1-13,26H,14-20H2,(H,29,33). The van der Waals surface area contributed by atoms with Gasteiger partial charge in [-0.25, -0.2) is 0 Å². The maximum absolute atomic E-state index is 13.1. The van der Waals surface area contributed by atoms with E-state index in [-0.39, 0.29) is 18.2 Å². The van der Waals surface area contributed by atoms with Gasteiger partial charge in [0, 0.05) is 32.7 Å². The molecule has 168 valence electrons. The molecule has 2 amide bonds. The first-order valence-electron chi connectivity index (χ1n) is 11.7. The smallest absolute Gasteiger partial charge is 0.237 e. The highest BCUT2D eigenvalue weighted by molar-refractivity contribution is 5.89. The summed E-state index contributed by atoms with van der Waals surface area (Å²) in [5.74, 6) is 0.00361. The lowest BCUT2D eigenvalue weighted by Crippen LogP contribution is -2.56. The SMILES string of the molecule is O=C1NCCN(Cc2ccc(-c3ccccc3)cc2)C1CC(=O)N1CCc2ccccc2C1. The maximum Gasteiger partial charge on any atom is 0.237 e.